The van der Waals surface area contributed by atoms with Gasteiger partial charge in [-0.05, 0) is 12.3 Å². The van der Waals surface area contributed by atoms with E-state index in [1.807, 2.05) is 6.08 Å². The highest BCUT2D eigenvalue weighted by Crippen LogP contribution is 2.17. The molecule has 2 amide bonds. The van der Waals surface area contributed by atoms with Gasteiger partial charge in [0.25, 0.3) is 11.8 Å². The Morgan fingerprint density at radius 2 is 2.15 bits per heavy atom. The van der Waals surface area contributed by atoms with Crippen LogP contribution in [0.25, 0.3) is 0 Å². The van der Waals surface area contributed by atoms with Crippen LogP contribution in [0.5, 0.6) is 0 Å². The van der Waals surface area contributed by atoms with Gasteiger partial charge in [0.05, 0.1) is 6.54 Å². The van der Waals surface area contributed by atoms with Gasteiger partial charge in [-0.1, -0.05) is 38.7 Å². The van der Waals surface area contributed by atoms with E-state index in [9.17, 15) is 14.7 Å². The topological polar surface area (TPSA) is 60.9 Å². The van der Waals surface area contributed by atoms with Gasteiger partial charge >= 0.3 is 0 Å². The first kappa shape index (κ1) is 16.2. The standard InChI is InChI=1S/C15H22N2O3/c1-11(2)8-6-5-7-9-13(18)17-12(3)15(20)16(4)10-14(17)19/h5-7,9,11,14,19H,3,8,10H2,1-2,4H3/b6-5-,9-7+. The van der Waals surface area contributed by atoms with Crippen molar-refractivity contribution in [2.24, 2.45) is 5.92 Å². The average Bonchev–Trinajstić information content (AvgIpc) is 2.35. The van der Waals surface area contributed by atoms with Crippen LogP contribution in [0.3, 0.4) is 0 Å². The molecule has 1 aliphatic rings. The first-order chi connectivity index (χ1) is 9.34. The van der Waals surface area contributed by atoms with Crippen molar-refractivity contribution in [3.63, 3.8) is 0 Å². The Labute approximate surface area is 119 Å². The van der Waals surface area contributed by atoms with Crippen LogP contribution in [0.2, 0.25) is 0 Å². The maximum absolute atomic E-state index is 12.0. The molecular formula is C15H22N2O3. The fraction of sp³-hybridized carbons (Fsp3) is 0.467. The molecule has 0 radical (unpaired) electrons. The minimum absolute atomic E-state index is 0.00735. The highest BCUT2D eigenvalue weighted by Gasteiger charge is 2.34. The molecule has 5 heteroatoms. The number of piperazine rings is 1. The molecule has 20 heavy (non-hydrogen) atoms. The predicted octanol–water partition coefficient (Wildman–Crippen LogP) is 1.28. The molecule has 5 nitrogen and oxygen atoms in total. The van der Waals surface area contributed by atoms with Gasteiger partial charge in [-0.3, -0.25) is 14.5 Å². The van der Waals surface area contributed by atoms with Crippen molar-refractivity contribution in [2.75, 3.05) is 13.6 Å². The van der Waals surface area contributed by atoms with Crippen LogP contribution in [-0.4, -0.2) is 46.5 Å². The van der Waals surface area contributed by atoms with Crippen molar-refractivity contribution < 1.29 is 14.7 Å². The second-order valence-corrected chi connectivity index (χ2v) is 5.24. The van der Waals surface area contributed by atoms with E-state index in [-0.39, 0.29) is 18.1 Å². The second kappa shape index (κ2) is 7.05. The fourth-order valence-corrected chi connectivity index (χ4v) is 1.84. The monoisotopic (exact) mass is 278 g/mol. The van der Waals surface area contributed by atoms with E-state index in [4.69, 9.17) is 0 Å². The molecule has 0 saturated carbocycles. The molecule has 0 aliphatic carbocycles. The zero-order chi connectivity index (χ0) is 15.3. The number of β-amino-alcohol motifs (C(OH)–C–C–N with tert-alkyl or cyclic N) is 1. The Morgan fingerprint density at radius 3 is 2.75 bits per heavy atom. The molecular weight excluding hydrogens is 256 g/mol. The van der Waals surface area contributed by atoms with Crippen LogP contribution >= 0.6 is 0 Å². The van der Waals surface area contributed by atoms with Gasteiger partial charge in [-0.2, -0.15) is 0 Å². The van der Waals surface area contributed by atoms with E-state index >= 15 is 0 Å². The molecule has 1 atom stereocenters. The number of hydrogen-bond donors (Lipinski definition) is 1. The summed E-state index contributed by atoms with van der Waals surface area (Å²) in [7, 11) is 1.56. The number of aliphatic hydroxyl groups excluding tert-OH is 1. The Hall–Kier alpha value is -1.88. The highest BCUT2D eigenvalue weighted by molar-refractivity contribution is 6.00. The van der Waals surface area contributed by atoms with Crippen LogP contribution in [-0.2, 0) is 9.59 Å². The van der Waals surface area contributed by atoms with E-state index in [0.717, 1.165) is 11.3 Å². The first-order valence-electron chi connectivity index (χ1n) is 6.63. The van der Waals surface area contributed by atoms with Gasteiger partial charge in [0.2, 0.25) is 0 Å². The SMILES string of the molecule is C=C1C(=O)N(C)CC(O)N1C(=O)/C=C/C=C\CC(C)C. The molecule has 1 fully saturated rings. The molecule has 0 spiro atoms. The van der Waals surface area contributed by atoms with Gasteiger partial charge < -0.3 is 10.0 Å². The van der Waals surface area contributed by atoms with Crippen LogP contribution in [0.1, 0.15) is 20.3 Å². The van der Waals surface area contributed by atoms with Gasteiger partial charge in [0.1, 0.15) is 5.70 Å². The van der Waals surface area contributed by atoms with Gasteiger partial charge in [-0.25, -0.2) is 0 Å². The first-order valence-corrected chi connectivity index (χ1v) is 6.63. The van der Waals surface area contributed by atoms with Crippen molar-refractivity contribution in [3.8, 4) is 0 Å². The maximum Gasteiger partial charge on any atom is 0.269 e. The summed E-state index contributed by atoms with van der Waals surface area (Å²) in [5, 5.41) is 9.87. The van der Waals surface area contributed by atoms with Crippen molar-refractivity contribution in [2.45, 2.75) is 26.5 Å². The Kier molecular flexibility index (Phi) is 5.70. The van der Waals surface area contributed by atoms with E-state index in [1.165, 1.54) is 11.0 Å². The molecule has 0 aromatic heterocycles. The van der Waals surface area contributed by atoms with E-state index in [1.54, 1.807) is 19.2 Å². The maximum atomic E-state index is 12.0. The summed E-state index contributed by atoms with van der Waals surface area (Å²) < 4.78 is 0. The smallest absolute Gasteiger partial charge is 0.269 e. The number of nitrogens with zero attached hydrogens (tertiary/aromatic N) is 2. The lowest BCUT2D eigenvalue weighted by atomic mass is 10.1. The van der Waals surface area contributed by atoms with E-state index in [0.29, 0.717) is 5.92 Å². The lowest BCUT2D eigenvalue weighted by molar-refractivity contribution is -0.148. The van der Waals surface area contributed by atoms with Crippen LogP contribution in [0, 0.1) is 5.92 Å². The van der Waals surface area contributed by atoms with Gasteiger partial charge in [0.15, 0.2) is 6.23 Å². The second-order valence-electron chi connectivity index (χ2n) is 5.24. The molecule has 1 unspecified atom stereocenters. The summed E-state index contributed by atoms with van der Waals surface area (Å²) in [6.45, 7) is 7.87. The number of hydrogen-bond acceptors (Lipinski definition) is 3. The third-order valence-electron chi connectivity index (χ3n) is 2.95. The molecule has 1 N–H and O–H groups in total. The average molecular weight is 278 g/mol. The summed E-state index contributed by atoms with van der Waals surface area (Å²) in [5.74, 6) is -0.238. The van der Waals surface area contributed by atoms with Gasteiger partial charge in [0, 0.05) is 13.1 Å². The Balaban J connectivity index is 2.66. The lowest BCUT2D eigenvalue weighted by Crippen LogP contribution is -2.54. The normalized spacial score (nSPS) is 20.8. The molecule has 1 heterocycles. The van der Waals surface area contributed by atoms with E-state index < -0.39 is 12.1 Å². The summed E-state index contributed by atoms with van der Waals surface area (Å²) in [4.78, 5) is 26.1. The van der Waals surface area contributed by atoms with Crippen molar-refractivity contribution in [1.29, 1.82) is 0 Å². The molecule has 1 aliphatic heterocycles. The fourth-order valence-electron chi connectivity index (χ4n) is 1.84. The summed E-state index contributed by atoms with van der Waals surface area (Å²) in [6.07, 6.45) is 6.56. The number of allylic oxidation sites excluding steroid dienone is 3. The number of aliphatic hydroxyl groups is 1. The molecule has 0 aromatic carbocycles. The Morgan fingerprint density at radius 1 is 1.50 bits per heavy atom. The third kappa shape index (κ3) is 4.06. The summed E-state index contributed by atoms with van der Waals surface area (Å²) in [5.41, 5.74) is -0.00735. The summed E-state index contributed by atoms with van der Waals surface area (Å²) in [6, 6.07) is 0. The van der Waals surface area contributed by atoms with Crippen molar-refractivity contribution in [3.05, 3.63) is 36.6 Å². The molecule has 1 rings (SSSR count). The molecule has 0 aromatic rings. The number of amides is 2. The zero-order valence-corrected chi connectivity index (χ0v) is 12.2. The number of carbonyl (C=O) groups excluding carboxylic acids is 2. The minimum Gasteiger partial charge on any atom is -0.371 e. The zero-order valence-electron chi connectivity index (χ0n) is 12.2. The quantitative estimate of drug-likeness (QED) is 0.622. The number of rotatable bonds is 4. The number of likely N-dealkylation sites (N-methyl/N-ethyl adjacent to an activating group) is 1. The molecule has 0 bridgehead atoms. The third-order valence-corrected chi connectivity index (χ3v) is 2.95. The Bertz CT molecular complexity index is 452. The van der Waals surface area contributed by atoms with Crippen LogP contribution in [0.15, 0.2) is 36.6 Å². The largest absolute Gasteiger partial charge is 0.371 e. The molecule has 1 saturated heterocycles. The minimum atomic E-state index is -1.05. The molecule has 110 valence electrons. The van der Waals surface area contributed by atoms with Crippen molar-refractivity contribution in [1.82, 2.24) is 9.80 Å². The highest BCUT2D eigenvalue weighted by atomic mass is 16.3. The van der Waals surface area contributed by atoms with Crippen molar-refractivity contribution >= 4 is 11.8 Å². The predicted molar refractivity (Wildman–Crippen MR) is 77.4 cm³/mol. The van der Waals surface area contributed by atoms with E-state index in [2.05, 4.69) is 20.4 Å². The summed E-state index contributed by atoms with van der Waals surface area (Å²) >= 11 is 0. The van der Waals surface area contributed by atoms with Crippen LogP contribution in [0.4, 0.5) is 0 Å². The number of carbonyl (C=O) groups is 2. The lowest BCUT2D eigenvalue weighted by Gasteiger charge is -2.37. The van der Waals surface area contributed by atoms with Gasteiger partial charge in [-0.15, -0.1) is 0 Å². The van der Waals surface area contributed by atoms with Crippen LogP contribution < -0.4 is 0 Å².